The molecule has 0 unspecified atom stereocenters. The number of carbonyl (C=O) groups excluding carboxylic acids is 2. The van der Waals surface area contributed by atoms with E-state index in [4.69, 9.17) is 27.9 Å². The molecule has 32 heavy (non-hydrogen) atoms. The van der Waals surface area contributed by atoms with Crippen LogP contribution >= 0.6 is 23.2 Å². The number of aromatic nitrogens is 1. The van der Waals surface area contributed by atoms with Crippen LogP contribution in [0.2, 0.25) is 10.0 Å². The smallest absolute Gasteiger partial charge is 0.340 e. The Balaban J connectivity index is 2.15. The molecular weight excluding hydrogens is 447 g/mol. The van der Waals surface area contributed by atoms with E-state index in [1.54, 1.807) is 30.9 Å². The van der Waals surface area contributed by atoms with Gasteiger partial charge in [-0.05, 0) is 63.5 Å². The maximum Gasteiger partial charge on any atom is 0.340 e. The highest BCUT2D eigenvalue weighted by Gasteiger charge is 2.37. The molecule has 0 spiro atoms. The minimum absolute atomic E-state index is 0.190. The minimum atomic E-state index is -0.484. The van der Waals surface area contributed by atoms with E-state index in [9.17, 15) is 9.59 Å². The first-order chi connectivity index (χ1) is 15.1. The second kappa shape index (κ2) is 9.55. The summed E-state index contributed by atoms with van der Waals surface area (Å²) in [5, 5.41) is 0.924. The third-order valence-electron chi connectivity index (χ3n) is 5.48. The zero-order chi connectivity index (χ0) is 23.7. The van der Waals surface area contributed by atoms with Gasteiger partial charge in [-0.2, -0.15) is 0 Å². The van der Waals surface area contributed by atoms with Crippen molar-refractivity contribution in [3.05, 3.63) is 68.1 Å². The van der Waals surface area contributed by atoms with Gasteiger partial charge in [-0.1, -0.05) is 43.1 Å². The Kier molecular flexibility index (Phi) is 7.21. The number of halogens is 2. The summed E-state index contributed by atoms with van der Waals surface area (Å²) in [5.41, 5.74) is 4.69. The van der Waals surface area contributed by atoms with E-state index in [0.717, 1.165) is 22.6 Å². The van der Waals surface area contributed by atoms with Gasteiger partial charge in [-0.15, -0.1) is 0 Å². The molecule has 0 saturated carbocycles. The molecule has 1 aromatic carbocycles. The lowest BCUT2D eigenvalue weighted by Crippen LogP contribution is -2.28. The number of rotatable bonds is 6. The van der Waals surface area contributed by atoms with Gasteiger partial charge < -0.3 is 14.2 Å². The molecule has 1 aliphatic rings. The number of aryl methyl sites for hydroxylation is 1. The summed E-state index contributed by atoms with van der Waals surface area (Å²) in [6, 6.07) is 7.44. The second-order valence-corrected chi connectivity index (χ2v) is 9.07. The maximum atomic E-state index is 13.3. The highest BCUT2D eigenvalue weighted by molar-refractivity contribution is 6.43. The van der Waals surface area contributed by atoms with Crippen molar-refractivity contribution in [2.75, 3.05) is 13.2 Å². The van der Waals surface area contributed by atoms with Crippen LogP contribution in [-0.2, 0) is 14.3 Å². The zero-order valence-electron chi connectivity index (χ0n) is 19.3. The Labute approximate surface area is 199 Å². The van der Waals surface area contributed by atoms with Crippen molar-refractivity contribution in [1.29, 1.82) is 0 Å². The van der Waals surface area contributed by atoms with E-state index < -0.39 is 5.97 Å². The van der Waals surface area contributed by atoms with Gasteiger partial charge in [0.1, 0.15) is 0 Å². The molecule has 2 aromatic rings. The topological polar surface area (TPSA) is 51.5 Å². The van der Waals surface area contributed by atoms with Crippen LogP contribution in [0.3, 0.4) is 0 Å². The number of benzene rings is 1. The third kappa shape index (κ3) is 4.37. The van der Waals surface area contributed by atoms with E-state index in [0.29, 0.717) is 33.4 Å². The van der Waals surface area contributed by atoms with Crippen molar-refractivity contribution in [2.24, 2.45) is 5.92 Å². The first-order valence-corrected chi connectivity index (χ1v) is 11.4. The van der Waals surface area contributed by atoms with E-state index >= 15 is 0 Å². The van der Waals surface area contributed by atoms with Gasteiger partial charge in [-0.25, -0.2) is 4.79 Å². The highest BCUT2D eigenvalue weighted by Crippen LogP contribution is 2.35. The molecule has 0 bridgehead atoms. The van der Waals surface area contributed by atoms with Crippen LogP contribution in [0.1, 0.15) is 44.6 Å². The fourth-order valence-corrected chi connectivity index (χ4v) is 4.42. The number of amides is 1. The van der Waals surface area contributed by atoms with Crippen LogP contribution in [0.5, 0.6) is 0 Å². The summed E-state index contributed by atoms with van der Waals surface area (Å²) in [5.74, 6) is -0.417. The monoisotopic (exact) mass is 474 g/mol. The molecule has 5 nitrogen and oxygen atoms in total. The van der Waals surface area contributed by atoms with E-state index in [1.807, 2.05) is 50.5 Å². The van der Waals surface area contributed by atoms with Crippen LogP contribution in [0, 0.1) is 19.8 Å². The van der Waals surface area contributed by atoms with Gasteiger partial charge in [0.2, 0.25) is 0 Å². The van der Waals surface area contributed by atoms with Crippen molar-refractivity contribution in [2.45, 2.75) is 41.5 Å². The predicted octanol–water partition coefficient (Wildman–Crippen LogP) is 6.12. The summed E-state index contributed by atoms with van der Waals surface area (Å²) in [6.07, 6.45) is 1.77. The van der Waals surface area contributed by atoms with Crippen LogP contribution < -0.4 is 0 Å². The lowest BCUT2D eigenvalue weighted by molar-refractivity contribution is -0.138. The summed E-state index contributed by atoms with van der Waals surface area (Å²) in [7, 11) is 0. The maximum absolute atomic E-state index is 13.3. The summed E-state index contributed by atoms with van der Waals surface area (Å²) < 4.78 is 7.26. The first-order valence-electron chi connectivity index (χ1n) is 10.6. The van der Waals surface area contributed by atoms with E-state index in [2.05, 4.69) is 0 Å². The molecule has 2 heterocycles. The van der Waals surface area contributed by atoms with Crippen molar-refractivity contribution in [3.63, 3.8) is 0 Å². The lowest BCUT2D eigenvalue weighted by Gasteiger charge is -2.19. The molecule has 3 rings (SSSR count). The molecule has 1 aliphatic heterocycles. The average molecular weight is 475 g/mol. The Bertz CT molecular complexity index is 1140. The molecule has 0 fully saturated rings. The Morgan fingerprint density at radius 1 is 1.19 bits per heavy atom. The number of nitrogens with zero attached hydrogens (tertiary/aromatic N) is 2. The van der Waals surface area contributed by atoms with Crippen LogP contribution in [0.15, 0.2) is 41.1 Å². The van der Waals surface area contributed by atoms with Gasteiger partial charge >= 0.3 is 5.97 Å². The van der Waals surface area contributed by atoms with Crippen molar-refractivity contribution >= 4 is 41.2 Å². The molecular formula is C25H28Cl2N2O3. The lowest BCUT2D eigenvalue weighted by atomic mass is 10.0. The van der Waals surface area contributed by atoms with E-state index in [-0.39, 0.29) is 18.4 Å². The normalized spacial score (nSPS) is 15.5. The number of carbonyl (C=O) groups is 2. The van der Waals surface area contributed by atoms with Gasteiger partial charge in [0.05, 0.1) is 33.5 Å². The Morgan fingerprint density at radius 3 is 2.50 bits per heavy atom. The van der Waals surface area contributed by atoms with Crippen molar-refractivity contribution in [3.8, 4) is 5.69 Å². The summed E-state index contributed by atoms with van der Waals surface area (Å²) in [4.78, 5) is 27.7. The SMILES string of the molecule is CCOC(=O)C1=C(C)N(CC(C)C)C(=O)/C1=C\c1cc(C)n(-c2cccc(Cl)c2Cl)c1C. The Hall–Kier alpha value is -2.50. The zero-order valence-corrected chi connectivity index (χ0v) is 20.8. The van der Waals surface area contributed by atoms with Crippen molar-refractivity contribution < 1.29 is 14.3 Å². The molecule has 0 radical (unpaired) electrons. The third-order valence-corrected chi connectivity index (χ3v) is 6.29. The number of esters is 1. The molecule has 0 atom stereocenters. The fraction of sp³-hybridized carbons (Fsp3) is 0.360. The van der Waals surface area contributed by atoms with Crippen LogP contribution in [-0.4, -0.2) is 34.5 Å². The first kappa shape index (κ1) is 24.1. The van der Waals surface area contributed by atoms with E-state index in [1.165, 1.54) is 0 Å². The Morgan fingerprint density at radius 2 is 1.88 bits per heavy atom. The van der Waals surface area contributed by atoms with Gasteiger partial charge in [0.15, 0.2) is 0 Å². The predicted molar refractivity (Wildman–Crippen MR) is 129 cm³/mol. The minimum Gasteiger partial charge on any atom is -0.462 e. The molecule has 0 aliphatic carbocycles. The quantitative estimate of drug-likeness (QED) is 0.374. The van der Waals surface area contributed by atoms with Crippen LogP contribution in [0.25, 0.3) is 11.8 Å². The van der Waals surface area contributed by atoms with Gasteiger partial charge in [-0.3, -0.25) is 4.79 Å². The van der Waals surface area contributed by atoms with Gasteiger partial charge in [0, 0.05) is 23.6 Å². The highest BCUT2D eigenvalue weighted by atomic mass is 35.5. The number of hydrogen-bond donors (Lipinski definition) is 0. The summed E-state index contributed by atoms with van der Waals surface area (Å²) >= 11 is 12.7. The summed E-state index contributed by atoms with van der Waals surface area (Å²) in [6.45, 7) is 12.3. The van der Waals surface area contributed by atoms with Crippen LogP contribution in [0.4, 0.5) is 0 Å². The fourth-order valence-electron chi connectivity index (χ4n) is 4.04. The number of hydrogen-bond acceptors (Lipinski definition) is 3. The molecule has 7 heteroatoms. The van der Waals surface area contributed by atoms with Gasteiger partial charge in [0.25, 0.3) is 5.91 Å². The number of allylic oxidation sites excluding steroid dienone is 1. The van der Waals surface area contributed by atoms with Crippen molar-refractivity contribution in [1.82, 2.24) is 9.47 Å². The molecule has 0 N–H and O–H groups in total. The molecule has 1 amide bonds. The largest absolute Gasteiger partial charge is 0.462 e. The molecule has 1 aromatic heterocycles. The average Bonchev–Trinajstić information content (AvgIpc) is 3.12. The second-order valence-electron chi connectivity index (χ2n) is 8.28. The number of ether oxygens (including phenoxy) is 1. The molecule has 170 valence electrons. The standard InChI is InChI=1S/C25H28Cl2N2O3/c1-7-32-25(31)22-17(6)28(13-14(2)3)24(30)19(22)12-18-11-15(4)29(16(18)5)21-10-8-9-20(26)23(21)27/h8-12,14H,7,13H2,1-6H3/b19-12-. The molecule has 0 saturated heterocycles.